The zero-order chi connectivity index (χ0) is 26.4. The van der Waals surface area contributed by atoms with E-state index in [-0.39, 0.29) is 11.9 Å². The van der Waals surface area contributed by atoms with Crippen molar-refractivity contribution in [3.05, 3.63) is 48.0 Å². The van der Waals surface area contributed by atoms with Crippen LogP contribution in [0, 0.1) is 17.2 Å². The molecule has 0 radical (unpaired) electrons. The number of nitrogens with one attached hydrogen (secondary N) is 2. The Morgan fingerprint density at radius 3 is 2.58 bits per heavy atom. The number of hydrogen-bond acceptors (Lipinski definition) is 5. The zero-order valence-electron chi connectivity index (χ0n) is 22.2. The van der Waals surface area contributed by atoms with E-state index in [0.717, 1.165) is 25.9 Å². The number of carbonyl (C=O) groups is 2. The van der Waals surface area contributed by atoms with Crippen LogP contribution in [-0.4, -0.2) is 72.7 Å². The molecule has 5 rings (SSSR count). The van der Waals surface area contributed by atoms with Crippen LogP contribution < -0.4 is 10.6 Å². The highest BCUT2D eigenvalue weighted by Gasteiger charge is 2.41. The number of morpholine rings is 1. The van der Waals surface area contributed by atoms with Gasteiger partial charge in [-0.2, -0.15) is 5.26 Å². The summed E-state index contributed by atoms with van der Waals surface area (Å²) in [6.45, 7) is 3.99. The molecule has 2 heterocycles. The summed E-state index contributed by atoms with van der Waals surface area (Å²) < 4.78 is 5.37. The molecule has 3 fully saturated rings. The minimum Gasteiger partial charge on any atom is -0.378 e. The van der Waals surface area contributed by atoms with Crippen molar-refractivity contribution in [2.45, 2.75) is 63.1 Å². The number of nitrogens with zero attached hydrogens (tertiary/aromatic N) is 3. The molecule has 3 aliphatic rings. The lowest BCUT2D eigenvalue weighted by atomic mass is 9.84. The quantitative estimate of drug-likeness (QED) is 0.582. The van der Waals surface area contributed by atoms with Gasteiger partial charge in [0.25, 0.3) is 0 Å². The second-order valence-corrected chi connectivity index (χ2v) is 11.2. The molecule has 0 spiro atoms. The first-order valence-electron chi connectivity index (χ1n) is 14.1. The van der Waals surface area contributed by atoms with Gasteiger partial charge in [0.15, 0.2) is 0 Å². The minimum absolute atomic E-state index is 0.223. The summed E-state index contributed by atoms with van der Waals surface area (Å²) >= 11 is 0. The largest absolute Gasteiger partial charge is 0.378 e. The standard InChI is InChI=1S/C30H39N5O3/c31-21-30(12-13-34(22-30)20-24-10-11-25-8-4-5-9-26(25)18-24)33-28(36)27(19-23-6-2-1-3-7-23)32-29(37)35-14-16-38-17-15-35/h4-5,8-11,18,23,27H,1-3,6-7,12-17,19-20,22H2,(H,32,37)(H,33,36). The van der Waals surface area contributed by atoms with Gasteiger partial charge in [-0.15, -0.1) is 0 Å². The van der Waals surface area contributed by atoms with Crippen molar-refractivity contribution in [2.75, 3.05) is 39.4 Å². The molecule has 2 saturated heterocycles. The summed E-state index contributed by atoms with van der Waals surface area (Å²) in [5, 5.41) is 18.7. The monoisotopic (exact) mass is 517 g/mol. The van der Waals surface area contributed by atoms with Crippen molar-refractivity contribution < 1.29 is 14.3 Å². The van der Waals surface area contributed by atoms with E-state index >= 15 is 0 Å². The van der Waals surface area contributed by atoms with Crippen molar-refractivity contribution >= 4 is 22.7 Å². The van der Waals surface area contributed by atoms with Crippen LogP contribution in [-0.2, 0) is 16.1 Å². The van der Waals surface area contributed by atoms with Gasteiger partial charge in [-0.1, -0.05) is 68.5 Å². The van der Waals surface area contributed by atoms with E-state index in [9.17, 15) is 14.9 Å². The lowest BCUT2D eigenvalue weighted by molar-refractivity contribution is -0.124. The van der Waals surface area contributed by atoms with Gasteiger partial charge in [0.05, 0.1) is 19.3 Å². The lowest BCUT2D eigenvalue weighted by Crippen LogP contribution is -2.58. The van der Waals surface area contributed by atoms with Gasteiger partial charge in [0.2, 0.25) is 5.91 Å². The smallest absolute Gasteiger partial charge is 0.318 e. The topological polar surface area (TPSA) is 97.7 Å². The van der Waals surface area contributed by atoms with Gasteiger partial charge in [-0.05, 0) is 41.2 Å². The van der Waals surface area contributed by atoms with Gasteiger partial charge in [-0.25, -0.2) is 4.79 Å². The van der Waals surface area contributed by atoms with Crippen LogP contribution >= 0.6 is 0 Å². The Morgan fingerprint density at radius 1 is 1.05 bits per heavy atom. The number of nitriles is 1. The molecule has 2 aliphatic heterocycles. The second kappa shape index (κ2) is 12.1. The molecule has 1 aliphatic carbocycles. The molecular formula is C30H39N5O3. The Kier molecular flexibility index (Phi) is 8.45. The molecule has 38 heavy (non-hydrogen) atoms. The van der Waals surface area contributed by atoms with Crippen molar-refractivity contribution in [1.29, 1.82) is 5.26 Å². The fourth-order valence-corrected chi connectivity index (χ4v) is 6.16. The van der Waals surface area contributed by atoms with E-state index in [1.807, 2.05) is 12.1 Å². The molecule has 8 nitrogen and oxygen atoms in total. The molecule has 3 amide bonds. The van der Waals surface area contributed by atoms with E-state index in [4.69, 9.17) is 4.74 Å². The molecule has 0 bridgehead atoms. The molecule has 2 N–H and O–H groups in total. The number of urea groups is 1. The second-order valence-electron chi connectivity index (χ2n) is 11.2. The number of rotatable bonds is 7. The molecule has 8 heteroatoms. The fraction of sp³-hybridized carbons (Fsp3) is 0.567. The van der Waals surface area contributed by atoms with Gasteiger partial charge in [0.1, 0.15) is 11.6 Å². The Hall–Kier alpha value is -3.15. The van der Waals surface area contributed by atoms with E-state index in [2.05, 4.69) is 51.9 Å². The van der Waals surface area contributed by atoms with Crippen LogP contribution in [0.1, 0.15) is 50.5 Å². The highest BCUT2D eigenvalue weighted by molar-refractivity contribution is 5.88. The number of ether oxygens (including phenoxy) is 1. The lowest BCUT2D eigenvalue weighted by Gasteiger charge is -2.32. The third-order valence-electron chi connectivity index (χ3n) is 8.35. The number of likely N-dealkylation sites (tertiary alicyclic amines) is 1. The maximum atomic E-state index is 13.6. The zero-order valence-corrected chi connectivity index (χ0v) is 22.2. The number of carbonyl (C=O) groups excluding carboxylic acids is 2. The minimum atomic E-state index is -0.956. The first-order chi connectivity index (χ1) is 18.5. The highest BCUT2D eigenvalue weighted by Crippen LogP contribution is 2.29. The summed E-state index contributed by atoms with van der Waals surface area (Å²) in [6, 6.07) is 16.3. The Bertz CT molecular complexity index is 1170. The van der Waals surface area contributed by atoms with E-state index in [0.29, 0.717) is 51.6 Å². The normalized spacial score (nSPS) is 23.6. The molecule has 2 atom stereocenters. The maximum absolute atomic E-state index is 13.6. The predicted octanol–water partition coefficient (Wildman–Crippen LogP) is 3.80. The van der Waals surface area contributed by atoms with Gasteiger partial charge in [0, 0.05) is 32.7 Å². The van der Waals surface area contributed by atoms with Crippen molar-refractivity contribution in [3.8, 4) is 6.07 Å². The van der Waals surface area contributed by atoms with E-state index in [1.165, 1.54) is 35.6 Å². The van der Waals surface area contributed by atoms with Crippen LogP contribution in [0.15, 0.2) is 42.5 Å². The van der Waals surface area contributed by atoms with Crippen LogP contribution in [0.25, 0.3) is 10.8 Å². The molecular weight excluding hydrogens is 478 g/mol. The third kappa shape index (κ3) is 6.46. The van der Waals surface area contributed by atoms with Crippen molar-refractivity contribution in [3.63, 3.8) is 0 Å². The molecule has 2 unspecified atom stereocenters. The van der Waals surface area contributed by atoms with Crippen molar-refractivity contribution in [2.24, 2.45) is 5.92 Å². The molecule has 0 aromatic heterocycles. The van der Waals surface area contributed by atoms with Crippen molar-refractivity contribution in [1.82, 2.24) is 20.4 Å². The van der Waals surface area contributed by atoms with E-state index < -0.39 is 11.6 Å². The molecule has 1 saturated carbocycles. The summed E-state index contributed by atoms with van der Waals surface area (Å²) in [7, 11) is 0. The number of benzene rings is 2. The SMILES string of the molecule is N#CC1(NC(=O)C(CC2CCCCC2)NC(=O)N2CCOCC2)CCN(Cc2ccc3ccccc3c2)C1. The van der Waals surface area contributed by atoms with Gasteiger partial charge < -0.3 is 20.3 Å². The third-order valence-corrected chi connectivity index (χ3v) is 8.35. The van der Waals surface area contributed by atoms with Crippen LogP contribution in [0.4, 0.5) is 4.79 Å². The van der Waals surface area contributed by atoms with Crippen LogP contribution in [0.3, 0.4) is 0 Å². The first-order valence-corrected chi connectivity index (χ1v) is 14.1. The molecule has 2 aromatic rings. The fourth-order valence-electron chi connectivity index (χ4n) is 6.16. The Balaban J connectivity index is 1.24. The number of hydrogen-bond donors (Lipinski definition) is 2. The summed E-state index contributed by atoms with van der Waals surface area (Å²) in [5.74, 6) is 0.168. The van der Waals surface area contributed by atoms with Crippen LogP contribution in [0.2, 0.25) is 0 Å². The predicted molar refractivity (Wildman–Crippen MR) is 146 cm³/mol. The highest BCUT2D eigenvalue weighted by atomic mass is 16.5. The van der Waals surface area contributed by atoms with Gasteiger partial charge >= 0.3 is 6.03 Å². The van der Waals surface area contributed by atoms with E-state index in [1.54, 1.807) is 4.90 Å². The molecule has 2 aromatic carbocycles. The van der Waals surface area contributed by atoms with Crippen LogP contribution in [0.5, 0.6) is 0 Å². The van der Waals surface area contributed by atoms with Gasteiger partial charge in [-0.3, -0.25) is 9.69 Å². The Labute approximate surface area is 225 Å². The maximum Gasteiger partial charge on any atom is 0.318 e. The first kappa shape index (κ1) is 26.5. The average molecular weight is 518 g/mol. The number of amides is 3. The Morgan fingerprint density at radius 2 is 1.82 bits per heavy atom. The average Bonchev–Trinajstić information content (AvgIpc) is 3.36. The number of fused-ring (bicyclic) bond motifs is 1. The summed E-state index contributed by atoms with van der Waals surface area (Å²) in [6.07, 6.45) is 6.92. The summed E-state index contributed by atoms with van der Waals surface area (Å²) in [5.41, 5.74) is 0.235. The molecule has 202 valence electrons. The summed E-state index contributed by atoms with van der Waals surface area (Å²) in [4.78, 5) is 30.6.